The van der Waals surface area contributed by atoms with Crippen molar-refractivity contribution in [3.63, 3.8) is 0 Å². The van der Waals surface area contributed by atoms with E-state index in [1.54, 1.807) is 6.07 Å². The number of fused-ring (bicyclic) bond motifs is 1. The monoisotopic (exact) mass is 325 g/mol. The fraction of sp³-hybridized carbons (Fsp3) is 0.235. The van der Waals surface area contributed by atoms with E-state index in [2.05, 4.69) is 9.97 Å². The molecule has 0 bridgehead atoms. The molecule has 0 radical (unpaired) electrons. The third-order valence-electron chi connectivity index (χ3n) is 4.20. The van der Waals surface area contributed by atoms with Gasteiger partial charge in [0.1, 0.15) is 5.82 Å². The van der Waals surface area contributed by atoms with Gasteiger partial charge in [0.05, 0.1) is 29.2 Å². The van der Waals surface area contributed by atoms with Crippen LogP contribution >= 0.6 is 0 Å². The summed E-state index contributed by atoms with van der Waals surface area (Å²) in [6, 6.07) is 12.3. The molecule has 0 atom stereocenters. The van der Waals surface area contributed by atoms with Crippen molar-refractivity contribution in [2.24, 2.45) is 0 Å². The van der Waals surface area contributed by atoms with Crippen molar-refractivity contribution in [1.29, 1.82) is 0 Å². The lowest BCUT2D eigenvalue weighted by Crippen LogP contribution is -2.22. The van der Waals surface area contributed by atoms with Gasteiger partial charge in [0.25, 0.3) is 5.69 Å². The van der Waals surface area contributed by atoms with Crippen molar-refractivity contribution in [3.8, 4) is 11.4 Å². The molecular weight excluding hydrogens is 310 g/mol. The fourth-order valence-corrected chi connectivity index (χ4v) is 2.86. The Morgan fingerprint density at radius 1 is 1.17 bits per heavy atom. The highest BCUT2D eigenvalue weighted by molar-refractivity contribution is 5.81. The molecule has 0 aliphatic carbocycles. The van der Waals surface area contributed by atoms with E-state index >= 15 is 0 Å². The molecule has 122 valence electrons. The van der Waals surface area contributed by atoms with E-state index in [-0.39, 0.29) is 5.69 Å². The largest absolute Gasteiger partial charge is 0.344 e. The molecule has 24 heavy (non-hydrogen) atoms. The Balaban J connectivity index is 1.68. The Morgan fingerprint density at radius 3 is 2.54 bits per heavy atom. The Kier molecular flexibility index (Phi) is 3.33. The molecule has 0 unspecified atom stereocenters. The second kappa shape index (κ2) is 5.40. The van der Waals surface area contributed by atoms with Crippen molar-refractivity contribution < 1.29 is 14.4 Å². The fourth-order valence-electron chi connectivity index (χ4n) is 2.86. The third kappa shape index (κ3) is 2.44. The second-order valence-electron chi connectivity index (χ2n) is 5.76. The van der Waals surface area contributed by atoms with Gasteiger partial charge in [-0.15, -0.1) is 0 Å². The summed E-state index contributed by atoms with van der Waals surface area (Å²) in [5, 5.41) is 10.9. The number of rotatable bonds is 3. The average molecular weight is 325 g/mol. The molecule has 1 aliphatic rings. The summed E-state index contributed by atoms with van der Waals surface area (Å²) >= 11 is 0. The molecule has 1 N–H and O–H groups in total. The first-order valence-corrected chi connectivity index (χ1v) is 7.58. The molecule has 2 heterocycles. The molecule has 1 aliphatic heterocycles. The number of nitrogens with one attached hydrogen (secondary N) is 1. The van der Waals surface area contributed by atoms with Gasteiger partial charge >= 0.3 is 0 Å². The number of nitro groups is 1. The second-order valence-corrected chi connectivity index (χ2v) is 5.76. The molecule has 1 aromatic heterocycles. The standard InChI is InChI=1S/C17H15N3O4/c1-17(23-8-9-24-17)12-4-2-11(3-5-12)16-18-14-7-6-13(20(21)22)10-15(14)19-16/h2-7,10H,8-9H2,1H3,(H,18,19). The number of nitrogens with zero attached hydrogens (tertiary/aromatic N) is 2. The molecular formula is C17H15N3O4. The van der Waals surface area contributed by atoms with E-state index in [1.165, 1.54) is 12.1 Å². The summed E-state index contributed by atoms with van der Waals surface area (Å²) in [6.07, 6.45) is 0. The molecule has 1 saturated heterocycles. The topological polar surface area (TPSA) is 90.3 Å². The molecule has 7 nitrogen and oxygen atoms in total. The smallest absolute Gasteiger partial charge is 0.271 e. The van der Waals surface area contributed by atoms with Crippen molar-refractivity contribution in [3.05, 3.63) is 58.1 Å². The zero-order chi connectivity index (χ0) is 16.7. The number of non-ortho nitro benzene ring substituents is 1. The van der Waals surface area contributed by atoms with E-state index < -0.39 is 10.7 Å². The van der Waals surface area contributed by atoms with Crippen molar-refractivity contribution in [2.45, 2.75) is 12.7 Å². The van der Waals surface area contributed by atoms with Crippen LogP contribution in [-0.4, -0.2) is 28.1 Å². The predicted molar refractivity (Wildman–Crippen MR) is 87.4 cm³/mol. The lowest BCUT2D eigenvalue weighted by atomic mass is 10.1. The number of hydrogen-bond donors (Lipinski definition) is 1. The zero-order valence-electron chi connectivity index (χ0n) is 13.0. The molecule has 0 saturated carbocycles. The van der Waals surface area contributed by atoms with E-state index in [0.717, 1.165) is 11.1 Å². The number of ether oxygens (including phenoxy) is 2. The summed E-state index contributed by atoms with van der Waals surface area (Å²) in [4.78, 5) is 18.1. The normalized spacial score (nSPS) is 16.5. The number of aromatic amines is 1. The van der Waals surface area contributed by atoms with Gasteiger partial charge in [-0.25, -0.2) is 4.98 Å². The van der Waals surface area contributed by atoms with E-state index in [4.69, 9.17) is 9.47 Å². The lowest BCUT2D eigenvalue weighted by Gasteiger charge is -2.22. The third-order valence-corrected chi connectivity index (χ3v) is 4.20. The van der Waals surface area contributed by atoms with Crippen LogP contribution in [0.5, 0.6) is 0 Å². The average Bonchev–Trinajstić information content (AvgIpc) is 3.21. The van der Waals surface area contributed by atoms with Gasteiger partial charge < -0.3 is 14.5 Å². The molecule has 0 spiro atoms. The summed E-state index contributed by atoms with van der Waals surface area (Å²) in [7, 11) is 0. The summed E-state index contributed by atoms with van der Waals surface area (Å²) in [5.41, 5.74) is 3.19. The van der Waals surface area contributed by atoms with Gasteiger partial charge in [-0.1, -0.05) is 24.3 Å². The minimum Gasteiger partial charge on any atom is -0.344 e. The molecule has 1 fully saturated rings. The number of hydrogen-bond acceptors (Lipinski definition) is 5. The van der Waals surface area contributed by atoms with Crippen LogP contribution in [0.1, 0.15) is 12.5 Å². The van der Waals surface area contributed by atoms with Crippen LogP contribution in [0.2, 0.25) is 0 Å². The number of benzene rings is 2. The van der Waals surface area contributed by atoms with Crippen LogP contribution in [0, 0.1) is 10.1 Å². The zero-order valence-corrected chi connectivity index (χ0v) is 13.0. The highest BCUT2D eigenvalue weighted by Gasteiger charge is 2.32. The van der Waals surface area contributed by atoms with Crippen molar-refractivity contribution >= 4 is 16.7 Å². The number of H-pyrrole nitrogens is 1. The molecule has 4 rings (SSSR count). The number of imidazole rings is 1. The maximum atomic E-state index is 10.9. The molecule has 2 aromatic carbocycles. The molecule has 3 aromatic rings. The van der Waals surface area contributed by atoms with Crippen LogP contribution in [0.3, 0.4) is 0 Å². The van der Waals surface area contributed by atoms with E-state index in [9.17, 15) is 10.1 Å². The highest BCUT2D eigenvalue weighted by Crippen LogP contribution is 2.32. The molecule has 0 amide bonds. The van der Waals surface area contributed by atoms with Crippen LogP contribution in [0.4, 0.5) is 5.69 Å². The van der Waals surface area contributed by atoms with Crippen molar-refractivity contribution in [1.82, 2.24) is 9.97 Å². The highest BCUT2D eigenvalue weighted by atomic mass is 16.7. The Hall–Kier alpha value is -2.77. The Labute approximate surface area is 137 Å². The first kappa shape index (κ1) is 14.8. The van der Waals surface area contributed by atoms with Crippen LogP contribution < -0.4 is 0 Å². The van der Waals surface area contributed by atoms with Crippen LogP contribution in [0.25, 0.3) is 22.4 Å². The van der Waals surface area contributed by atoms with Gasteiger partial charge in [-0.05, 0) is 13.0 Å². The molecule has 7 heteroatoms. The lowest BCUT2D eigenvalue weighted by molar-refractivity contribution is -0.384. The van der Waals surface area contributed by atoms with E-state index in [0.29, 0.717) is 30.1 Å². The SMILES string of the molecule is CC1(c2ccc(-c3nc4ccc([N+](=O)[O-])cc4[nH]3)cc2)OCCO1. The van der Waals surface area contributed by atoms with Crippen molar-refractivity contribution in [2.75, 3.05) is 13.2 Å². The number of aromatic nitrogens is 2. The van der Waals surface area contributed by atoms with Gasteiger partial charge in [-0.3, -0.25) is 10.1 Å². The maximum absolute atomic E-state index is 10.9. The Morgan fingerprint density at radius 2 is 1.88 bits per heavy atom. The van der Waals surface area contributed by atoms with Crippen LogP contribution in [-0.2, 0) is 15.3 Å². The Bertz CT molecular complexity index is 911. The maximum Gasteiger partial charge on any atom is 0.271 e. The van der Waals surface area contributed by atoms with E-state index in [1.807, 2.05) is 31.2 Å². The first-order valence-electron chi connectivity index (χ1n) is 7.58. The first-order chi connectivity index (χ1) is 11.5. The van der Waals surface area contributed by atoms with Crippen LogP contribution in [0.15, 0.2) is 42.5 Å². The van der Waals surface area contributed by atoms with Gasteiger partial charge in [-0.2, -0.15) is 0 Å². The number of nitro benzene ring substituents is 1. The quantitative estimate of drug-likeness (QED) is 0.589. The summed E-state index contributed by atoms with van der Waals surface area (Å²) in [5.74, 6) is -0.0389. The summed E-state index contributed by atoms with van der Waals surface area (Å²) in [6.45, 7) is 3.07. The predicted octanol–water partition coefficient (Wildman–Crippen LogP) is 3.36. The summed E-state index contributed by atoms with van der Waals surface area (Å²) < 4.78 is 11.3. The minimum atomic E-state index is -0.701. The van der Waals surface area contributed by atoms with Gasteiger partial charge in [0.15, 0.2) is 5.79 Å². The minimum absolute atomic E-state index is 0.0384. The van der Waals surface area contributed by atoms with Gasteiger partial charge in [0.2, 0.25) is 0 Å². The van der Waals surface area contributed by atoms with Gasteiger partial charge in [0, 0.05) is 23.3 Å².